The number of pyridine rings is 1. The summed E-state index contributed by atoms with van der Waals surface area (Å²) >= 11 is 0. The van der Waals surface area contributed by atoms with Crippen molar-refractivity contribution in [3.05, 3.63) is 53.3 Å². The van der Waals surface area contributed by atoms with Gasteiger partial charge in [-0.1, -0.05) is 6.07 Å². The fourth-order valence-corrected chi connectivity index (χ4v) is 3.72. The number of carboxylic acid groups (broad SMARTS) is 1. The number of nitrogens with zero attached hydrogens (tertiary/aromatic N) is 1. The van der Waals surface area contributed by atoms with Crippen LogP contribution >= 0.6 is 0 Å². The van der Waals surface area contributed by atoms with Gasteiger partial charge in [0, 0.05) is 18.7 Å². The van der Waals surface area contributed by atoms with E-state index in [1.165, 1.54) is 12.1 Å². The fourth-order valence-electron chi connectivity index (χ4n) is 2.64. The normalized spacial score (nSPS) is 13.8. The van der Waals surface area contributed by atoms with Gasteiger partial charge in [-0.3, -0.25) is 0 Å². The molecule has 0 unspecified atom stereocenters. The van der Waals surface area contributed by atoms with E-state index in [9.17, 15) is 13.2 Å². The molecule has 0 aliphatic carbocycles. The molecule has 1 aromatic carbocycles. The van der Waals surface area contributed by atoms with Gasteiger partial charge in [-0.05, 0) is 48.7 Å². The largest absolute Gasteiger partial charge is 0.493 e. The van der Waals surface area contributed by atoms with Crippen LogP contribution in [0.5, 0.6) is 5.75 Å². The number of aromatic nitrogens is 1. The maximum absolute atomic E-state index is 12.4. The number of aromatic carboxylic acids is 1. The summed E-state index contributed by atoms with van der Waals surface area (Å²) in [4.78, 5) is 15.1. The van der Waals surface area contributed by atoms with Crippen molar-refractivity contribution in [1.29, 1.82) is 0 Å². The standard InChI is InChI=1S/C17H18N2O5S/c20-17(21)15-5-1-4-13(19-15)8-9-18-25(22,23)14-6-7-16-12(11-14)3-2-10-24-16/h1,4-7,11,18H,2-3,8-10H2,(H,20,21). The van der Waals surface area contributed by atoms with Gasteiger partial charge < -0.3 is 9.84 Å². The highest BCUT2D eigenvalue weighted by Crippen LogP contribution is 2.27. The number of aryl methyl sites for hydroxylation is 1. The Kier molecular flexibility index (Phi) is 5.00. The summed E-state index contributed by atoms with van der Waals surface area (Å²) < 4.78 is 32.8. The lowest BCUT2D eigenvalue weighted by atomic mass is 10.1. The zero-order chi connectivity index (χ0) is 17.9. The second-order valence-electron chi connectivity index (χ2n) is 5.69. The topological polar surface area (TPSA) is 106 Å². The average molecular weight is 362 g/mol. The predicted octanol–water partition coefficient (Wildman–Crippen LogP) is 1.63. The molecule has 2 N–H and O–H groups in total. The van der Waals surface area contributed by atoms with Gasteiger partial charge >= 0.3 is 5.97 Å². The summed E-state index contributed by atoms with van der Waals surface area (Å²) in [6, 6.07) is 9.49. The van der Waals surface area contributed by atoms with Gasteiger partial charge in [0.2, 0.25) is 10.0 Å². The van der Waals surface area contributed by atoms with Gasteiger partial charge in [0.1, 0.15) is 11.4 Å². The van der Waals surface area contributed by atoms with E-state index < -0.39 is 16.0 Å². The zero-order valence-corrected chi connectivity index (χ0v) is 14.3. The van der Waals surface area contributed by atoms with E-state index in [4.69, 9.17) is 9.84 Å². The van der Waals surface area contributed by atoms with Crippen LogP contribution in [-0.2, 0) is 22.9 Å². The molecule has 132 valence electrons. The Morgan fingerprint density at radius 2 is 2.12 bits per heavy atom. The molecule has 0 fully saturated rings. The molecule has 0 amide bonds. The maximum atomic E-state index is 12.4. The summed E-state index contributed by atoms with van der Waals surface area (Å²) in [5.41, 5.74) is 1.35. The molecule has 0 saturated carbocycles. The molecular formula is C17H18N2O5S. The Morgan fingerprint density at radius 1 is 1.28 bits per heavy atom. The highest BCUT2D eigenvalue weighted by molar-refractivity contribution is 7.89. The fraction of sp³-hybridized carbons (Fsp3) is 0.294. The van der Waals surface area contributed by atoms with E-state index in [1.54, 1.807) is 24.3 Å². The van der Waals surface area contributed by atoms with Crippen LogP contribution in [0.25, 0.3) is 0 Å². The molecule has 7 nitrogen and oxygen atoms in total. The maximum Gasteiger partial charge on any atom is 0.354 e. The molecule has 0 radical (unpaired) electrons. The van der Waals surface area contributed by atoms with Gasteiger partial charge in [-0.2, -0.15) is 0 Å². The van der Waals surface area contributed by atoms with Crippen LogP contribution in [0.1, 0.15) is 28.2 Å². The Bertz CT molecular complexity index is 896. The quantitative estimate of drug-likeness (QED) is 0.809. The molecule has 1 aliphatic heterocycles. The number of carbonyl (C=O) groups is 1. The summed E-state index contributed by atoms with van der Waals surface area (Å²) in [5, 5.41) is 8.93. The van der Waals surface area contributed by atoms with Gasteiger partial charge in [-0.15, -0.1) is 0 Å². The number of carboxylic acids is 1. The number of hydrogen-bond donors (Lipinski definition) is 2. The lowest BCUT2D eigenvalue weighted by Crippen LogP contribution is -2.26. The van der Waals surface area contributed by atoms with Crippen molar-refractivity contribution in [2.24, 2.45) is 0 Å². The molecule has 0 atom stereocenters. The first-order chi connectivity index (χ1) is 12.0. The minimum Gasteiger partial charge on any atom is -0.493 e. The Labute approximate surface area is 145 Å². The molecule has 0 bridgehead atoms. The number of hydrogen-bond acceptors (Lipinski definition) is 5. The number of fused-ring (bicyclic) bond motifs is 1. The van der Waals surface area contributed by atoms with Crippen LogP contribution in [0, 0.1) is 0 Å². The molecule has 8 heteroatoms. The molecular weight excluding hydrogens is 344 g/mol. The predicted molar refractivity (Wildman–Crippen MR) is 90.3 cm³/mol. The van der Waals surface area contributed by atoms with Crippen molar-refractivity contribution in [3.63, 3.8) is 0 Å². The van der Waals surface area contributed by atoms with E-state index in [-0.39, 0.29) is 17.1 Å². The van der Waals surface area contributed by atoms with Crippen LogP contribution in [0.3, 0.4) is 0 Å². The highest BCUT2D eigenvalue weighted by Gasteiger charge is 2.18. The van der Waals surface area contributed by atoms with E-state index in [0.29, 0.717) is 18.7 Å². The molecule has 1 aliphatic rings. The van der Waals surface area contributed by atoms with Crippen molar-refractivity contribution in [2.45, 2.75) is 24.2 Å². The molecule has 1 aromatic heterocycles. The van der Waals surface area contributed by atoms with E-state index in [1.807, 2.05) is 0 Å². The first-order valence-electron chi connectivity index (χ1n) is 7.90. The van der Waals surface area contributed by atoms with E-state index in [2.05, 4.69) is 9.71 Å². The lowest BCUT2D eigenvalue weighted by Gasteiger charge is -2.18. The summed E-state index contributed by atoms with van der Waals surface area (Å²) in [5.74, 6) is -0.376. The third-order valence-corrected chi connectivity index (χ3v) is 5.35. The number of sulfonamides is 1. The summed E-state index contributed by atoms with van der Waals surface area (Å²) in [6.45, 7) is 0.783. The Hall–Kier alpha value is -2.45. The lowest BCUT2D eigenvalue weighted by molar-refractivity contribution is 0.0690. The monoisotopic (exact) mass is 362 g/mol. The van der Waals surface area contributed by atoms with Gasteiger partial charge in [-0.25, -0.2) is 22.9 Å². The Morgan fingerprint density at radius 3 is 2.92 bits per heavy atom. The first kappa shape index (κ1) is 17.4. The van der Waals surface area contributed by atoms with E-state index >= 15 is 0 Å². The number of nitrogens with one attached hydrogen (secondary N) is 1. The van der Waals surface area contributed by atoms with E-state index in [0.717, 1.165) is 24.2 Å². The summed E-state index contributed by atoms with van der Waals surface area (Å²) in [6.07, 6.45) is 1.97. The molecule has 2 aromatic rings. The van der Waals surface area contributed by atoms with Gasteiger partial charge in [0.25, 0.3) is 0 Å². The molecule has 0 spiro atoms. The first-order valence-corrected chi connectivity index (χ1v) is 9.39. The third kappa shape index (κ3) is 4.15. The van der Waals surface area contributed by atoms with Crippen molar-refractivity contribution < 1.29 is 23.1 Å². The molecule has 0 saturated heterocycles. The highest BCUT2D eigenvalue weighted by atomic mass is 32.2. The second kappa shape index (κ2) is 7.20. The number of benzene rings is 1. The van der Waals surface area contributed by atoms with Crippen molar-refractivity contribution in [1.82, 2.24) is 9.71 Å². The smallest absolute Gasteiger partial charge is 0.354 e. The van der Waals surface area contributed by atoms with Crippen molar-refractivity contribution >= 4 is 16.0 Å². The molecule has 25 heavy (non-hydrogen) atoms. The zero-order valence-electron chi connectivity index (χ0n) is 13.4. The number of rotatable bonds is 6. The van der Waals surface area contributed by atoms with Crippen LogP contribution in [-0.4, -0.2) is 37.6 Å². The second-order valence-corrected chi connectivity index (χ2v) is 7.46. The van der Waals surface area contributed by atoms with Gasteiger partial charge in [0.15, 0.2) is 0 Å². The minimum atomic E-state index is -3.64. The third-order valence-electron chi connectivity index (χ3n) is 3.89. The molecule has 3 rings (SSSR count). The minimum absolute atomic E-state index is 0.0601. The van der Waals surface area contributed by atoms with Crippen molar-refractivity contribution in [3.8, 4) is 5.75 Å². The van der Waals surface area contributed by atoms with Crippen LogP contribution < -0.4 is 9.46 Å². The number of ether oxygens (including phenoxy) is 1. The van der Waals surface area contributed by atoms with Crippen molar-refractivity contribution in [2.75, 3.05) is 13.2 Å². The van der Waals surface area contributed by atoms with Crippen LogP contribution in [0.2, 0.25) is 0 Å². The van der Waals surface area contributed by atoms with Gasteiger partial charge in [0.05, 0.1) is 11.5 Å². The summed E-state index contributed by atoms with van der Waals surface area (Å²) in [7, 11) is -3.64. The SMILES string of the molecule is O=C(O)c1cccc(CCNS(=O)(=O)c2ccc3c(c2)CCCO3)n1. The van der Waals surface area contributed by atoms with Crippen LogP contribution in [0.4, 0.5) is 0 Å². The molecule has 2 heterocycles. The van der Waals surface area contributed by atoms with Crippen LogP contribution in [0.15, 0.2) is 41.3 Å². The average Bonchev–Trinajstić information content (AvgIpc) is 2.61. The Balaban J connectivity index is 1.66.